The van der Waals surface area contributed by atoms with Crippen molar-refractivity contribution in [3.8, 4) is 23.0 Å². The molecule has 8 nitrogen and oxygen atoms in total. The average Bonchev–Trinajstić information content (AvgIpc) is 3.21. The lowest BCUT2D eigenvalue weighted by molar-refractivity contribution is 0.0962. The monoisotopic (exact) mass is 692 g/mol. The Kier molecular flexibility index (Phi) is 12.5. The second-order valence-corrected chi connectivity index (χ2v) is 11.6. The number of carbonyl (C=O) groups excluding carboxylic acids is 2. The second-order valence-electron chi connectivity index (χ2n) is 11.6. The molecule has 8 heteroatoms. The van der Waals surface area contributed by atoms with Crippen molar-refractivity contribution in [2.75, 3.05) is 49.3 Å². The van der Waals surface area contributed by atoms with Crippen LogP contribution in [-0.2, 0) is 0 Å². The van der Waals surface area contributed by atoms with Gasteiger partial charge in [0.25, 0.3) is 11.8 Å². The van der Waals surface area contributed by atoms with Crippen LogP contribution < -0.4 is 28.7 Å². The molecule has 0 saturated carbocycles. The van der Waals surface area contributed by atoms with Crippen molar-refractivity contribution in [3.63, 3.8) is 0 Å². The van der Waals surface area contributed by atoms with Crippen LogP contribution in [0.5, 0.6) is 23.0 Å². The fourth-order valence-electron chi connectivity index (χ4n) is 5.60. The molecule has 0 heterocycles. The van der Waals surface area contributed by atoms with E-state index in [4.69, 9.17) is 18.9 Å². The summed E-state index contributed by atoms with van der Waals surface area (Å²) < 4.78 is 23.7. The molecule has 0 spiro atoms. The van der Waals surface area contributed by atoms with Crippen LogP contribution in [-0.4, -0.2) is 51.3 Å². The van der Waals surface area contributed by atoms with Crippen molar-refractivity contribution in [2.24, 2.45) is 0 Å². The number of para-hydroxylation sites is 6. The third-order valence-corrected chi connectivity index (χ3v) is 8.11. The van der Waals surface area contributed by atoms with E-state index < -0.39 is 0 Å². The number of benzene rings is 6. The maximum absolute atomic E-state index is 14.4. The molecule has 0 unspecified atom stereocenters. The predicted octanol–water partition coefficient (Wildman–Crippen LogP) is 8.60. The van der Waals surface area contributed by atoms with Crippen molar-refractivity contribution in [3.05, 3.63) is 181 Å². The first-order valence-corrected chi connectivity index (χ1v) is 17.2. The van der Waals surface area contributed by atoms with E-state index in [2.05, 4.69) is 0 Å². The van der Waals surface area contributed by atoms with Gasteiger partial charge in [-0.1, -0.05) is 97.1 Å². The van der Waals surface area contributed by atoms with Crippen molar-refractivity contribution >= 4 is 23.2 Å². The van der Waals surface area contributed by atoms with Crippen LogP contribution in [0.4, 0.5) is 11.4 Å². The summed E-state index contributed by atoms with van der Waals surface area (Å²) in [5.41, 5.74) is 2.19. The number of nitrogens with zero attached hydrogens (tertiary/aromatic N) is 2. The molecule has 0 fully saturated rings. The molecule has 0 radical (unpaired) electrons. The zero-order valence-corrected chi connectivity index (χ0v) is 28.8. The van der Waals surface area contributed by atoms with E-state index in [0.29, 0.717) is 47.2 Å². The van der Waals surface area contributed by atoms with Gasteiger partial charge in [-0.05, 0) is 72.8 Å². The molecule has 0 aliphatic carbocycles. The molecule has 2 amide bonds. The smallest absolute Gasteiger partial charge is 0.262 e. The quantitative estimate of drug-likeness (QED) is 0.0892. The lowest BCUT2D eigenvalue weighted by Crippen LogP contribution is -2.41. The Hall–Kier alpha value is -6.54. The normalized spacial score (nSPS) is 10.5. The largest absolute Gasteiger partial charge is 0.490 e. The summed E-state index contributed by atoms with van der Waals surface area (Å²) in [7, 11) is 0. The van der Waals surface area contributed by atoms with Crippen LogP contribution in [0.3, 0.4) is 0 Å². The van der Waals surface area contributed by atoms with E-state index in [1.54, 1.807) is 34.1 Å². The Morgan fingerprint density at radius 3 is 1.06 bits per heavy atom. The van der Waals surface area contributed by atoms with E-state index in [1.807, 2.05) is 146 Å². The Labute approximate surface area is 304 Å². The number of carbonyl (C=O) groups is 2. The van der Waals surface area contributed by atoms with Crippen molar-refractivity contribution < 1.29 is 28.5 Å². The van der Waals surface area contributed by atoms with Gasteiger partial charge in [0.15, 0.2) is 0 Å². The molecule has 0 aliphatic rings. The van der Waals surface area contributed by atoms with Gasteiger partial charge in [0.2, 0.25) is 0 Å². The van der Waals surface area contributed by atoms with Gasteiger partial charge in [-0.2, -0.15) is 0 Å². The highest BCUT2D eigenvalue weighted by atomic mass is 16.5. The molecule has 52 heavy (non-hydrogen) atoms. The van der Waals surface area contributed by atoms with E-state index in [0.717, 1.165) is 11.5 Å². The first-order valence-electron chi connectivity index (χ1n) is 17.2. The summed E-state index contributed by atoms with van der Waals surface area (Å²) in [6.07, 6.45) is 0. The van der Waals surface area contributed by atoms with Crippen molar-refractivity contribution in [2.45, 2.75) is 0 Å². The third-order valence-electron chi connectivity index (χ3n) is 8.11. The Morgan fingerprint density at radius 2 is 0.673 bits per heavy atom. The zero-order valence-electron chi connectivity index (χ0n) is 28.8. The maximum Gasteiger partial charge on any atom is 0.262 e. The van der Waals surface area contributed by atoms with E-state index >= 15 is 0 Å². The molecule has 6 aromatic carbocycles. The highest BCUT2D eigenvalue weighted by Gasteiger charge is 2.26. The molecule has 6 rings (SSSR count). The molecule has 0 aromatic heterocycles. The van der Waals surface area contributed by atoms with Crippen LogP contribution in [0.1, 0.15) is 20.7 Å². The summed E-state index contributed by atoms with van der Waals surface area (Å²) in [5.74, 6) is 1.87. The van der Waals surface area contributed by atoms with Crippen molar-refractivity contribution in [1.82, 2.24) is 0 Å². The number of rotatable bonds is 17. The molecule has 0 bridgehead atoms. The minimum absolute atomic E-state index is 0.197. The van der Waals surface area contributed by atoms with Gasteiger partial charge in [0.1, 0.15) is 49.4 Å². The minimum atomic E-state index is -0.256. The Morgan fingerprint density at radius 1 is 0.365 bits per heavy atom. The van der Waals surface area contributed by atoms with Crippen LogP contribution in [0.25, 0.3) is 0 Å². The maximum atomic E-state index is 14.4. The third kappa shape index (κ3) is 9.57. The van der Waals surface area contributed by atoms with Gasteiger partial charge in [0, 0.05) is 24.5 Å². The standard InChI is InChI=1S/C44H40N2O6/c47-43(39-25-13-15-27-41(39)51-33-31-49-37-21-9-3-10-22-37)45(35-17-5-1-6-18-35)29-30-46(36-19-7-2-8-20-36)44(48)40-26-14-16-28-42(40)52-34-32-50-38-23-11-4-12-24-38/h1-28H,29-34H2. The topological polar surface area (TPSA) is 77.5 Å². The molecule has 262 valence electrons. The number of amides is 2. The van der Waals surface area contributed by atoms with Gasteiger partial charge < -0.3 is 28.7 Å². The molecule has 0 N–H and O–H groups in total. The Balaban J connectivity index is 1.19. The van der Waals surface area contributed by atoms with Gasteiger partial charge in [-0.3, -0.25) is 9.59 Å². The highest BCUT2D eigenvalue weighted by molar-refractivity contribution is 6.09. The number of ether oxygens (including phenoxy) is 4. The molecule has 6 aromatic rings. The summed E-state index contributed by atoms with van der Waals surface area (Å²) in [5, 5.41) is 0. The fourth-order valence-corrected chi connectivity index (χ4v) is 5.60. The minimum Gasteiger partial charge on any atom is -0.490 e. The van der Waals surface area contributed by atoms with Gasteiger partial charge >= 0.3 is 0 Å². The van der Waals surface area contributed by atoms with Gasteiger partial charge in [0.05, 0.1) is 11.1 Å². The predicted molar refractivity (Wildman–Crippen MR) is 204 cm³/mol. The lowest BCUT2D eigenvalue weighted by Gasteiger charge is -2.29. The van der Waals surface area contributed by atoms with Gasteiger partial charge in [-0.25, -0.2) is 0 Å². The van der Waals surface area contributed by atoms with E-state index in [-0.39, 0.29) is 38.1 Å². The average molecular weight is 693 g/mol. The van der Waals surface area contributed by atoms with Crippen LogP contribution in [0.15, 0.2) is 170 Å². The lowest BCUT2D eigenvalue weighted by atomic mass is 10.1. The van der Waals surface area contributed by atoms with Gasteiger partial charge in [-0.15, -0.1) is 0 Å². The molecule has 0 saturated heterocycles. The van der Waals surface area contributed by atoms with Crippen LogP contribution in [0.2, 0.25) is 0 Å². The summed E-state index contributed by atoms with van der Waals surface area (Å²) >= 11 is 0. The number of anilines is 2. The fraction of sp³-hybridized carbons (Fsp3) is 0.136. The first-order chi connectivity index (χ1) is 25.7. The number of hydrogen-bond donors (Lipinski definition) is 0. The molecule has 0 atom stereocenters. The summed E-state index contributed by atoms with van der Waals surface area (Å²) in [4.78, 5) is 32.1. The first kappa shape index (κ1) is 35.3. The highest BCUT2D eigenvalue weighted by Crippen LogP contribution is 2.27. The SMILES string of the molecule is O=C(c1ccccc1OCCOc1ccccc1)N(CCN(C(=O)c1ccccc1OCCOc1ccccc1)c1ccccc1)c1ccccc1. The molecule has 0 aliphatic heterocycles. The molecular weight excluding hydrogens is 652 g/mol. The summed E-state index contributed by atoms with van der Waals surface area (Å²) in [6.45, 7) is 1.52. The Bertz CT molecular complexity index is 1850. The summed E-state index contributed by atoms with van der Waals surface area (Å²) in [6, 6.07) is 52.2. The van der Waals surface area contributed by atoms with E-state index in [1.165, 1.54) is 0 Å². The number of hydrogen-bond acceptors (Lipinski definition) is 6. The van der Waals surface area contributed by atoms with E-state index in [9.17, 15) is 9.59 Å². The second kappa shape index (κ2) is 18.5. The zero-order chi connectivity index (χ0) is 35.8. The van der Waals surface area contributed by atoms with Crippen LogP contribution >= 0.6 is 0 Å². The molecular formula is C44H40N2O6. The van der Waals surface area contributed by atoms with Crippen LogP contribution in [0, 0.1) is 0 Å². The van der Waals surface area contributed by atoms with Crippen molar-refractivity contribution in [1.29, 1.82) is 0 Å².